The van der Waals surface area contributed by atoms with Gasteiger partial charge in [0.25, 0.3) is 0 Å². The molecule has 0 aromatic rings. The van der Waals surface area contributed by atoms with Gasteiger partial charge in [0.15, 0.2) is 0 Å². The van der Waals surface area contributed by atoms with Gasteiger partial charge in [0.2, 0.25) is 11.8 Å². The summed E-state index contributed by atoms with van der Waals surface area (Å²) in [5.74, 6) is 0.0518. The Morgan fingerprint density at radius 2 is 2.00 bits per heavy atom. The lowest BCUT2D eigenvalue weighted by Crippen LogP contribution is -2.53. The first-order valence-corrected chi connectivity index (χ1v) is 6.93. The molecule has 0 radical (unpaired) electrons. The van der Waals surface area contributed by atoms with Crippen LogP contribution >= 0.6 is 12.4 Å². The molecular formula is C13H24ClN3O2. The van der Waals surface area contributed by atoms with Crippen LogP contribution in [-0.4, -0.2) is 41.9 Å². The quantitative estimate of drug-likeness (QED) is 0.802. The van der Waals surface area contributed by atoms with Crippen molar-refractivity contribution < 1.29 is 9.59 Å². The molecule has 1 aliphatic heterocycles. The van der Waals surface area contributed by atoms with Crippen LogP contribution in [0.1, 0.15) is 39.0 Å². The van der Waals surface area contributed by atoms with Crippen LogP contribution in [0.4, 0.5) is 0 Å². The van der Waals surface area contributed by atoms with E-state index in [-0.39, 0.29) is 30.1 Å². The van der Waals surface area contributed by atoms with Gasteiger partial charge in [0, 0.05) is 19.6 Å². The molecule has 2 amide bonds. The highest BCUT2D eigenvalue weighted by Crippen LogP contribution is 2.30. The zero-order chi connectivity index (χ0) is 13.2. The van der Waals surface area contributed by atoms with Gasteiger partial charge in [-0.15, -0.1) is 12.4 Å². The van der Waals surface area contributed by atoms with E-state index in [1.54, 1.807) is 4.90 Å². The molecule has 0 spiro atoms. The van der Waals surface area contributed by atoms with Crippen LogP contribution in [0, 0.1) is 5.92 Å². The normalized spacial score (nSPS) is 24.9. The first kappa shape index (κ1) is 16.2. The van der Waals surface area contributed by atoms with Crippen LogP contribution in [0.25, 0.3) is 0 Å². The summed E-state index contributed by atoms with van der Waals surface area (Å²) in [5, 5.41) is 2.82. The zero-order valence-electron chi connectivity index (χ0n) is 11.5. The number of carbonyl (C=O) groups is 2. The standard InChI is InChI=1S/C13H23N3O2.ClH/c1-2-15-11(17)10-5-8-16(9-10)12(18)13(14)6-3-4-7-13;/h10H,2-9,14H2,1H3,(H,15,17);1H. The average molecular weight is 290 g/mol. The summed E-state index contributed by atoms with van der Waals surface area (Å²) in [7, 11) is 0. The van der Waals surface area contributed by atoms with Crippen molar-refractivity contribution in [3.8, 4) is 0 Å². The highest BCUT2D eigenvalue weighted by Gasteiger charge is 2.42. The number of rotatable bonds is 3. The van der Waals surface area contributed by atoms with E-state index >= 15 is 0 Å². The lowest BCUT2D eigenvalue weighted by atomic mass is 9.97. The van der Waals surface area contributed by atoms with Crippen LogP contribution in [0.3, 0.4) is 0 Å². The molecule has 0 aromatic carbocycles. The average Bonchev–Trinajstić information content (AvgIpc) is 2.98. The molecule has 3 N–H and O–H groups in total. The summed E-state index contributed by atoms with van der Waals surface area (Å²) >= 11 is 0. The molecule has 1 atom stereocenters. The van der Waals surface area contributed by atoms with E-state index in [4.69, 9.17) is 5.73 Å². The molecule has 0 aromatic heterocycles. The molecule has 2 rings (SSSR count). The Kier molecular flexibility index (Phi) is 5.62. The summed E-state index contributed by atoms with van der Waals surface area (Å²) in [6, 6.07) is 0. The third kappa shape index (κ3) is 3.39. The molecule has 110 valence electrons. The van der Waals surface area contributed by atoms with Crippen LogP contribution in [-0.2, 0) is 9.59 Å². The molecule has 1 saturated carbocycles. The minimum absolute atomic E-state index is 0. The number of nitrogens with one attached hydrogen (secondary N) is 1. The maximum atomic E-state index is 12.4. The molecule has 2 aliphatic rings. The molecular weight excluding hydrogens is 266 g/mol. The van der Waals surface area contributed by atoms with Gasteiger partial charge in [-0.3, -0.25) is 9.59 Å². The van der Waals surface area contributed by atoms with E-state index in [9.17, 15) is 9.59 Å². The molecule has 6 heteroatoms. The summed E-state index contributed by atoms with van der Waals surface area (Å²) in [4.78, 5) is 25.9. The van der Waals surface area contributed by atoms with Gasteiger partial charge in [-0.25, -0.2) is 0 Å². The first-order chi connectivity index (χ1) is 8.57. The fraction of sp³-hybridized carbons (Fsp3) is 0.846. The van der Waals surface area contributed by atoms with Gasteiger partial charge in [-0.2, -0.15) is 0 Å². The number of likely N-dealkylation sites (tertiary alicyclic amines) is 1. The zero-order valence-corrected chi connectivity index (χ0v) is 12.3. The van der Waals surface area contributed by atoms with Crippen LogP contribution in [0.5, 0.6) is 0 Å². The largest absolute Gasteiger partial charge is 0.356 e. The fourth-order valence-electron chi connectivity index (χ4n) is 3.01. The smallest absolute Gasteiger partial charge is 0.242 e. The lowest BCUT2D eigenvalue weighted by Gasteiger charge is -2.28. The SMILES string of the molecule is CCNC(=O)C1CCN(C(=O)C2(N)CCCC2)C1.Cl. The Morgan fingerprint density at radius 1 is 1.37 bits per heavy atom. The minimum atomic E-state index is -0.657. The second kappa shape index (κ2) is 6.57. The van der Waals surface area contributed by atoms with Gasteiger partial charge >= 0.3 is 0 Å². The summed E-state index contributed by atoms with van der Waals surface area (Å²) < 4.78 is 0. The maximum absolute atomic E-state index is 12.4. The third-order valence-corrected chi connectivity index (χ3v) is 4.12. The number of nitrogens with zero attached hydrogens (tertiary/aromatic N) is 1. The Bertz CT molecular complexity index is 343. The van der Waals surface area contributed by atoms with Gasteiger partial charge in [-0.1, -0.05) is 12.8 Å². The molecule has 2 fully saturated rings. The fourth-order valence-corrected chi connectivity index (χ4v) is 3.01. The topological polar surface area (TPSA) is 75.4 Å². The van der Waals surface area contributed by atoms with Crippen LogP contribution in [0.2, 0.25) is 0 Å². The molecule has 5 nitrogen and oxygen atoms in total. The van der Waals surface area contributed by atoms with E-state index in [2.05, 4.69) is 5.32 Å². The molecule has 1 unspecified atom stereocenters. The van der Waals surface area contributed by atoms with Crippen molar-refractivity contribution in [3.63, 3.8) is 0 Å². The monoisotopic (exact) mass is 289 g/mol. The van der Waals surface area contributed by atoms with Crippen molar-refractivity contribution in [1.82, 2.24) is 10.2 Å². The van der Waals surface area contributed by atoms with E-state index in [1.165, 1.54) is 0 Å². The van der Waals surface area contributed by atoms with Gasteiger partial charge < -0.3 is 16.0 Å². The summed E-state index contributed by atoms with van der Waals surface area (Å²) in [6.07, 6.45) is 4.40. The number of hydrogen-bond donors (Lipinski definition) is 2. The Labute approximate surface area is 120 Å². The predicted molar refractivity (Wildman–Crippen MR) is 76.0 cm³/mol. The highest BCUT2D eigenvalue weighted by molar-refractivity contribution is 5.88. The van der Waals surface area contributed by atoms with Gasteiger partial charge in [0.1, 0.15) is 0 Å². The number of nitrogens with two attached hydrogens (primary N) is 1. The van der Waals surface area contributed by atoms with Gasteiger partial charge in [-0.05, 0) is 26.2 Å². The number of halogens is 1. The maximum Gasteiger partial charge on any atom is 0.242 e. The second-order valence-corrected chi connectivity index (χ2v) is 5.49. The van der Waals surface area contributed by atoms with E-state index < -0.39 is 5.54 Å². The number of amides is 2. The molecule has 19 heavy (non-hydrogen) atoms. The third-order valence-electron chi connectivity index (χ3n) is 4.12. The predicted octanol–water partition coefficient (Wildman–Crippen LogP) is 0.664. The van der Waals surface area contributed by atoms with Crippen molar-refractivity contribution in [3.05, 3.63) is 0 Å². The molecule has 0 bridgehead atoms. The Hall–Kier alpha value is -0.810. The second-order valence-electron chi connectivity index (χ2n) is 5.49. The number of hydrogen-bond acceptors (Lipinski definition) is 3. The first-order valence-electron chi connectivity index (χ1n) is 6.93. The summed E-state index contributed by atoms with van der Waals surface area (Å²) in [5.41, 5.74) is 5.51. The van der Waals surface area contributed by atoms with Crippen molar-refractivity contribution in [2.45, 2.75) is 44.6 Å². The summed E-state index contributed by atoms with van der Waals surface area (Å²) in [6.45, 7) is 3.75. The van der Waals surface area contributed by atoms with E-state index in [1.807, 2.05) is 6.92 Å². The minimum Gasteiger partial charge on any atom is -0.356 e. The van der Waals surface area contributed by atoms with Crippen molar-refractivity contribution in [2.75, 3.05) is 19.6 Å². The van der Waals surface area contributed by atoms with Gasteiger partial charge in [0.05, 0.1) is 11.5 Å². The Morgan fingerprint density at radius 3 is 2.58 bits per heavy atom. The highest BCUT2D eigenvalue weighted by atomic mass is 35.5. The van der Waals surface area contributed by atoms with Crippen molar-refractivity contribution >= 4 is 24.2 Å². The van der Waals surface area contributed by atoms with Crippen LogP contribution < -0.4 is 11.1 Å². The van der Waals surface area contributed by atoms with E-state index in [0.717, 1.165) is 32.1 Å². The molecule has 1 aliphatic carbocycles. The van der Waals surface area contributed by atoms with Crippen molar-refractivity contribution in [2.24, 2.45) is 11.7 Å². The molecule has 1 saturated heterocycles. The van der Waals surface area contributed by atoms with E-state index in [0.29, 0.717) is 19.6 Å². The number of carbonyl (C=O) groups excluding carboxylic acids is 2. The lowest BCUT2D eigenvalue weighted by molar-refractivity contribution is -0.136. The van der Waals surface area contributed by atoms with Crippen LogP contribution in [0.15, 0.2) is 0 Å². The van der Waals surface area contributed by atoms with Crippen molar-refractivity contribution in [1.29, 1.82) is 0 Å². The molecule has 1 heterocycles. The Balaban J connectivity index is 0.00000180.